The van der Waals surface area contributed by atoms with Gasteiger partial charge in [-0.3, -0.25) is 9.59 Å². The number of aliphatic hydroxyl groups excluding tert-OH is 1. The van der Waals surface area contributed by atoms with E-state index in [-0.39, 0.29) is 0 Å². The summed E-state index contributed by atoms with van der Waals surface area (Å²) >= 11 is 0. The van der Waals surface area contributed by atoms with E-state index in [2.05, 4.69) is 13.8 Å². The molecule has 0 aromatic heterocycles. The molecule has 0 radical (unpaired) electrons. The van der Waals surface area contributed by atoms with Crippen LogP contribution in [0.25, 0.3) is 0 Å². The molecule has 0 spiro atoms. The zero-order valence-electron chi connectivity index (χ0n) is 29.8. The van der Waals surface area contributed by atoms with E-state index in [1.165, 1.54) is 167 Å². The van der Waals surface area contributed by atoms with Crippen molar-refractivity contribution in [3.8, 4) is 0 Å². The molecule has 45 heavy (non-hydrogen) atoms. The fraction of sp³-hybridized carbons (Fsp3) is 0.921. The third-order valence-electron chi connectivity index (χ3n) is 8.12. The summed E-state index contributed by atoms with van der Waals surface area (Å²) in [5, 5.41) is 32.1. The molecule has 0 atom stereocenters. The molecule has 0 heterocycles. The first-order chi connectivity index (χ1) is 21.8. The van der Waals surface area contributed by atoms with Crippen LogP contribution in [-0.4, -0.2) is 44.9 Å². The number of aliphatic carboxylic acids is 3. The summed E-state index contributed by atoms with van der Waals surface area (Å²) in [6.45, 7) is 3.76. The molecule has 0 bridgehead atoms. The predicted molar refractivity (Wildman–Crippen MR) is 189 cm³/mol. The molecule has 0 aromatic carbocycles. The zero-order chi connectivity index (χ0) is 34.1. The van der Waals surface area contributed by atoms with Crippen LogP contribution in [0.4, 0.5) is 0 Å². The second-order valence-electron chi connectivity index (χ2n) is 12.7. The van der Waals surface area contributed by atoms with Crippen LogP contribution in [0.15, 0.2) is 0 Å². The minimum atomic E-state index is -1.19. The number of hydrogen-bond donors (Lipinski definition) is 4. The van der Waals surface area contributed by atoms with E-state index < -0.39 is 24.5 Å². The highest BCUT2D eigenvalue weighted by Crippen LogP contribution is 2.15. The molecule has 0 rings (SSSR count). The first kappa shape index (κ1) is 47.8. The van der Waals surface area contributed by atoms with Gasteiger partial charge in [0, 0.05) is 12.8 Å². The summed E-state index contributed by atoms with van der Waals surface area (Å²) in [7, 11) is 0. The Morgan fingerprint density at radius 1 is 0.311 bits per heavy atom. The van der Waals surface area contributed by atoms with E-state index in [0.717, 1.165) is 25.7 Å². The fourth-order valence-electron chi connectivity index (χ4n) is 5.30. The van der Waals surface area contributed by atoms with Crippen molar-refractivity contribution < 1.29 is 34.8 Å². The molecule has 0 aliphatic rings. The Balaban J connectivity index is -0.000000680. The largest absolute Gasteiger partial charge is 0.481 e. The maximum atomic E-state index is 10.3. The molecule has 0 unspecified atom stereocenters. The highest BCUT2D eigenvalue weighted by Gasteiger charge is 1.98. The summed E-state index contributed by atoms with van der Waals surface area (Å²) in [6, 6.07) is 0. The summed E-state index contributed by atoms with van der Waals surface area (Å²) in [4.78, 5) is 29.8. The number of unbranched alkanes of at least 4 members (excludes halogenated alkanes) is 28. The van der Waals surface area contributed by atoms with Crippen LogP contribution >= 0.6 is 0 Å². The molecule has 0 aliphatic carbocycles. The van der Waals surface area contributed by atoms with Gasteiger partial charge in [0.05, 0.1) is 0 Å². The van der Waals surface area contributed by atoms with Crippen LogP contribution in [0.5, 0.6) is 0 Å². The van der Waals surface area contributed by atoms with Crippen molar-refractivity contribution >= 4 is 17.9 Å². The highest BCUT2D eigenvalue weighted by molar-refractivity contribution is 5.67. The van der Waals surface area contributed by atoms with Crippen molar-refractivity contribution in [3.05, 3.63) is 0 Å². The maximum absolute atomic E-state index is 10.3. The Hall–Kier alpha value is -1.63. The fourth-order valence-corrected chi connectivity index (χ4v) is 5.30. The lowest BCUT2D eigenvalue weighted by Crippen LogP contribution is -1.98. The Kier molecular flexibility index (Phi) is 47.2. The number of carboxylic acid groups (broad SMARTS) is 3. The van der Waals surface area contributed by atoms with Crippen molar-refractivity contribution in [2.24, 2.45) is 0 Å². The van der Waals surface area contributed by atoms with Gasteiger partial charge < -0.3 is 20.4 Å². The van der Waals surface area contributed by atoms with Gasteiger partial charge in [-0.2, -0.15) is 0 Å². The van der Waals surface area contributed by atoms with Crippen molar-refractivity contribution in [2.45, 2.75) is 219 Å². The molecule has 0 saturated heterocycles. The van der Waals surface area contributed by atoms with Gasteiger partial charge >= 0.3 is 17.9 Å². The minimum Gasteiger partial charge on any atom is -0.481 e. The molecule has 7 nitrogen and oxygen atoms in total. The van der Waals surface area contributed by atoms with E-state index in [1.807, 2.05) is 0 Å². The lowest BCUT2D eigenvalue weighted by Gasteiger charge is -2.03. The Morgan fingerprint density at radius 3 is 0.600 bits per heavy atom. The second kappa shape index (κ2) is 44.5. The summed E-state index contributed by atoms with van der Waals surface area (Å²) in [6.07, 6.45) is 40.4. The van der Waals surface area contributed by atoms with Crippen molar-refractivity contribution in [1.29, 1.82) is 0 Å². The topological polar surface area (TPSA) is 132 Å². The van der Waals surface area contributed by atoms with E-state index in [9.17, 15) is 9.59 Å². The molecule has 0 aliphatic heterocycles. The Labute approximate surface area is 278 Å². The smallest absolute Gasteiger partial charge is 0.329 e. The van der Waals surface area contributed by atoms with Gasteiger partial charge in [-0.1, -0.05) is 194 Å². The summed E-state index contributed by atoms with van der Waals surface area (Å²) < 4.78 is 0. The first-order valence-corrected chi connectivity index (χ1v) is 19.1. The van der Waals surface area contributed by atoms with Gasteiger partial charge in [0.1, 0.15) is 6.61 Å². The lowest BCUT2D eigenvalue weighted by molar-refractivity contribution is -0.140. The molecule has 0 aromatic rings. The van der Waals surface area contributed by atoms with Gasteiger partial charge in [-0.15, -0.1) is 0 Å². The third kappa shape index (κ3) is 58.5. The molecular formula is C38H76O7. The normalized spacial score (nSPS) is 10.5. The first-order valence-electron chi connectivity index (χ1n) is 19.1. The molecular weight excluding hydrogens is 568 g/mol. The van der Waals surface area contributed by atoms with Gasteiger partial charge in [0.15, 0.2) is 0 Å². The molecule has 0 fully saturated rings. The number of hydrogen-bond acceptors (Lipinski definition) is 4. The predicted octanol–water partition coefficient (Wildman–Crippen LogP) is 11.7. The monoisotopic (exact) mass is 645 g/mol. The Bertz CT molecular complexity index is 551. The second-order valence-corrected chi connectivity index (χ2v) is 12.7. The van der Waals surface area contributed by atoms with Gasteiger partial charge in [-0.25, -0.2) is 4.79 Å². The van der Waals surface area contributed by atoms with Crippen LogP contribution in [0.1, 0.15) is 219 Å². The van der Waals surface area contributed by atoms with E-state index in [0.29, 0.717) is 12.8 Å². The van der Waals surface area contributed by atoms with Crippen LogP contribution < -0.4 is 0 Å². The van der Waals surface area contributed by atoms with Gasteiger partial charge in [0.2, 0.25) is 0 Å². The number of carboxylic acids is 3. The Morgan fingerprint density at radius 2 is 0.467 bits per heavy atom. The zero-order valence-corrected chi connectivity index (χ0v) is 29.8. The maximum Gasteiger partial charge on any atom is 0.329 e. The van der Waals surface area contributed by atoms with E-state index in [1.54, 1.807) is 0 Å². The number of rotatable bonds is 33. The lowest BCUT2D eigenvalue weighted by atomic mass is 10.0. The molecule has 7 heteroatoms. The van der Waals surface area contributed by atoms with Crippen LogP contribution in [0.3, 0.4) is 0 Å². The van der Waals surface area contributed by atoms with Gasteiger partial charge in [0.25, 0.3) is 0 Å². The molecule has 0 saturated carbocycles. The average Bonchev–Trinajstić information content (AvgIpc) is 3.01. The average molecular weight is 645 g/mol. The highest BCUT2D eigenvalue weighted by atomic mass is 16.4. The quantitative estimate of drug-likeness (QED) is 0.0522. The van der Waals surface area contributed by atoms with E-state index in [4.69, 9.17) is 25.2 Å². The summed E-state index contributed by atoms with van der Waals surface area (Å²) in [5.41, 5.74) is 0. The molecule has 0 amide bonds. The van der Waals surface area contributed by atoms with Crippen molar-refractivity contribution in [3.63, 3.8) is 0 Å². The summed E-state index contributed by atoms with van der Waals surface area (Å²) in [5.74, 6) is -2.50. The third-order valence-corrected chi connectivity index (χ3v) is 8.12. The number of carbonyl (C=O) groups is 3. The van der Waals surface area contributed by atoms with Crippen molar-refractivity contribution in [1.82, 2.24) is 0 Å². The number of aliphatic hydroxyl groups is 1. The van der Waals surface area contributed by atoms with Gasteiger partial charge in [-0.05, 0) is 12.8 Å². The van der Waals surface area contributed by atoms with E-state index >= 15 is 0 Å². The molecule has 270 valence electrons. The van der Waals surface area contributed by atoms with Crippen LogP contribution in [0.2, 0.25) is 0 Å². The minimum absolute atomic E-state index is 0.345. The van der Waals surface area contributed by atoms with Crippen LogP contribution in [0, 0.1) is 0 Å². The van der Waals surface area contributed by atoms with Crippen molar-refractivity contribution in [2.75, 3.05) is 6.61 Å². The standard InChI is InChI=1S/2C18H36O2.C2H4O3/c2*1-2-3-4-5-6-7-8-9-10-11-12-13-14-15-16-17-18(19)20;3-1-2(4)5/h2*2-17H2,1H3,(H,19,20);3H,1H2,(H,4,5). The SMILES string of the molecule is CCCCCCCCCCCCCCCCCC(=O)O.CCCCCCCCCCCCCCCCCC(=O)O.O=C(O)CO. The molecule has 4 N–H and O–H groups in total. The van der Waals surface area contributed by atoms with Crippen LogP contribution in [-0.2, 0) is 14.4 Å².